The molecule has 0 fully saturated rings. The summed E-state index contributed by atoms with van der Waals surface area (Å²) in [5, 5.41) is 10.3. The van der Waals surface area contributed by atoms with Crippen LogP contribution in [0, 0.1) is 0 Å². The van der Waals surface area contributed by atoms with E-state index < -0.39 is 0 Å². The number of likely N-dealkylation sites (N-methyl/N-ethyl adjacent to an activating group) is 1. The van der Waals surface area contributed by atoms with E-state index >= 15 is 0 Å². The van der Waals surface area contributed by atoms with Gasteiger partial charge in [0.15, 0.2) is 5.69 Å². The first-order valence-electron chi connectivity index (χ1n) is 6.51. The summed E-state index contributed by atoms with van der Waals surface area (Å²) in [6, 6.07) is 9.46. The molecule has 0 saturated heterocycles. The highest BCUT2D eigenvalue weighted by Crippen LogP contribution is 2.14. The molecule has 1 amide bonds. The molecule has 5 nitrogen and oxygen atoms in total. The molecule has 106 valence electrons. The number of aromatic nitrogens is 2. The second kappa shape index (κ2) is 7.21. The van der Waals surface area contributed by atoms with Gasteiger partial charge in [0, 0.05) is 23.8 Å². The van der Waals surface area contributed by atoms with Crippen molar-refractivity contribution in [2.45, 2.75) is 6.92 Å². The largest absolute Gasteiger partial charge is 0.349 e. The summed E-state index contributed by atoms with van der Waals surface area (Å²) in [7, 11) is 0. The van der Waals surface area contributed by atoms with Gasteiger partial charge in [-0.3, -0.25) is 4.79 Å². The maximum atomic E-state index is 11.9. The predicted molar refractivity (Wildman–Crippen MR) is 82.1 cm³/mol. The normalized spacial score (nSPS) is 10.5. The zero-order chi connectivity index (χ0) is 14.4. The molecule has 0 spiro atoms. The quantitative estimate of drug-likeness (QED) is 0.793. The highest BCUT2D eigenvalue weighted by molar-refractivity contribution is 9.10. The fourth-order valence-electron chi connectivity index (χ4n) is 1.74. The second-order valence-corrected chi connectivity index (χ2v) is 5.15. The van der Waals surface area contributed by atoms with Crippen molar-refractivity contribution >= 4 is 21.8 Å². The lowest BCUT2D eigenvalue weighted by molar-refractivity contribution is 0.0948. The summed E-state index contributed by atoms with van der Waals surface area (Å²) in [6.45, 7) is 4.28. The van der Waals surface area contributed by atoms with E-state index in [9.17, 15) is 4.79 Å². The average molecular weight is 337 g/mol. The molecule has 2 aromatic rings. The van der Waals surface area contributed by atoms with Crippen molar-refractivity contribution in [3.63, 3.8) is 0 Å². The van der Waals surface area contributed by atoms with Gasteiger partial charge in [0.25, 0.3) is 5.91 Å². The van der Waals surface area contributed by atoms with Crippen LogP contribution in [0.25, 0.3) is 5.69 Å². The summed E-state index contributed by atoms with van der Waals surface area (Å²) in [5.41, 5.74) is 1.33. The Kier molecular flexibility index (Phi) is 5.31. The Morgan fingerprint density at radius 3 is 2.95 bits per heavy atom. The maximum Gasteiger partial charge on any atom is 0.271 e. The van der Waals surface area contributed by atoms with Crippen molar-refractivity contribution in [1.82, 2.24) is 20.4 Å². The van der Waals surface area contributed by atoms with E-state index in [1.807, 2.05) is 31.2 Å². The summed E-state index contributed by atoms with van der Waals surface area (Å²) < 4.78 is 2.66. The van der Waals surface area contributed by atoms with Gasteiger partial charge in [-0.05, 0) is 30.8 Å². The molecular weight excluding hydrogens is 320 g/mol. The molecule has 0 aliphatic heterocycles. The van der Waals surface area contributed by atoms with E-state index in [4.69, 9.17) is 0 Å². The fourth-order valence-corrected chi connectivity index (χ4v) is 2.13. The van der Waals surface area contributed by atoms with Crippen molar-refractivity contribution in [2.75, 3.05) is 19.6 Å². The Morgan fingerprint density at radius 1 is 1.35 bits per heavy atom. The van der Waals surface area contributed by atoms with Crippen molar-refractivity contribution in [3.8, 4) is 5.69 Å². The highest BCUT2D eigenvalue weighted by Gasteiger charge is 2.09. The van der Waals surface area contributed by atoms with E-state index in [1.54, 1.807) is 16.9 Å². The van der Waals surface area contributed by atoms with Crippen LogP contribution in [-0.2, 0) is 0 Å². The number of carbonyl (C=O) groups excluding carboxylic acids is 1. The zero-order valence-corrected chi connectivity index (χ0v) is 12.9. The first-order chi connectivity index (χ1) is 9.70. The molecule has 2 N–H and O–H groups in total. The molecule has 0 bridgehead atoms. The lowest BCUT2D eigenvalue weighted by atomic mass is 10.3. The van der Waals surface area contributed by atoms with Crippen LogP contribution < -0.4 is 10.6 Å². The van der Waals surface area contributed by atoms with Crippen molar-refractivity contribution in [3.05, 3.63) is 46.7 Å². The number of amides is 1. The second-order valence-electron chi connectivity index (χ2n) is 4.23. The third-order valence-electron chi connectivity index (χ3n) is 2.73. The molecule has 0 aliphatic carbocycles. The van der Waals surface area contributed by atoms with Gasteiger partial charge in [-0.15, -0.1) is 0 Å². The van der Waals surface area contributed by atoms with Crippen molar-refractivity contribution in [2.24, 2.45) is 0 Å². The minimum atomic E-state index is -0.156. The number of nitrogens with one attached hydrogen (secondary N) is 2. The van der Waals surface area contributed by atoms with E-state index in [1.165, 1.54) is 0 Å². The lowest BCUT2D eigenvalue weighted by Crippen LogP contribution is -2.32. The summed E-state index contributed by atoms with van der Waals surface area (Å²) in [5.74, 6) is -0.156. The molecule has 0 aliphatic rings. The molecule has 0 radical (unpaired) electrons. The van der Waals surface area contributed by atoms with Gasteiger partial charge in [0.2, 0.25) is 0 Å². The van der Waals surface area contributed by atoms with Gasteiger partial charge in [0.1, 0.15) is 0 Å². The molecular formula is C14H17BrN4O. The van der Waals surface area contributed by atoms with Crippen LogP contribution in [-0.4, -0.2) is 35.3 Å². The maximum absolute atomic E-state index is 11.9. The van der Waals surface area contributed by atoms with Crippen molar-refractivity contribution in [1.29, 1.82) is 0 Å². The number of rotatable bonds is 6. The monoisotopic (exact) mass is 336 g/mol. The molecule has 6 heteroatoms. The van der Waals surface area contributed by atoms with Gasteiger partial charge >= 0.3 is 0 Å². The van der Waals surface area contributed by atoms with Gasteiger partial charge in [0.05, 0.1) is 5.69 Å². The molecule has 1 aromatic carbocycles. The molecule has 2 rings (SSSR count). The average Bonchev–Trinajstić information content (AvgIpc) is 2.93. The van der Waals surface area contributed by atoms with E-state index in [-0.39, 0.29) is 5.91 Å². The number of benzene rings is 1. The first-order valence-corrected chi connectivity index (χ1v) is 7.30. The Hall–Kier alpha value is -1.66. The summed E-state index contributed by atoms with van der Waals surface area (Å²) in [6.07, 6.45) is 1.78. The van der Waals surface area contributed by atoms with E-state index in [2.05, 4.69) is 31.7 Å². The van der Waals surface area contributed by atoms with E-state index in [0.29, 0.717) is 12.2 Å². The minimum Gasteiger partial charge on any atom is -0.349 e. The predicted octanol–water partition coefficient (Wildman–Crippen LogP) is 1.97. The Balaban J connectivity index is 2.00. The molecule has 1 heterocycles. The Bertz CT molecular complexity index is 582. The van der Waals surface area contributed by atoms with Crippen LogP contribution in [0.4, 0.5) is 0 Å². The van der Waals surface area contributed by atoms with Crippen LogP contribution in [0.15, 0.2) is 41.0 Å². The van der Waals surface area contributed by atoms with Gasteiger partial charge in [-0.2, -0.15) is 5.10 Å². The van der Waals surface area contributed by atoms with Crippen molar-refractivity contribution < 1.29 is 4.79 Å². The van der Waals surface area contributed by atoms with E-state index in [0.717, 1.165) is 23.2 Å². The van der Waals surface area contributed by atoms with Crippen LogP contribution in [0.5, 0.6) is 0 Å². The third kappa shape index (κ3) is 3.91. The molecule has 20 heavy (non-hydrogen) atoms. The number of nitrogens with zero attached hydrogens (tertiary/aromatic N) is 2. The van der Waals surface area contributed by atoms with Crippen LogP contribution >= 0.6 is 15.9 Å². The molecule has 0 unspecified atom stereocenters. The number of hydrogen-bond donors (Lipinski definition) is 2. The first kappa shape index (κ1) is 14.7. The molecule has 1 aromatic heterocycles. The van der Waals surface area contributed by atoms with Crippen LogP contribution in [0.3, 0.4) is 0 Å². The number of halogens is 1. The number of carbonyl (C=O) groups is 1. The smallest absolute Gasteiger partial charge is 0.271 e. The van der Waals surface area contributed by atoms with Gasteiger partial charge in [-0.1, -0.05) is 28.9 Å². The third-order valence-corrected chi connectivity index (χ3v) is 3.23. The standard InChI is InChI=1S/C14H17BrN4O/c1-2-16-7-8-17-14(20)13-6-9-19(18-13)12-5-3-4-11(15)10-12/h3-6,9-10,16H,2,7-8H2,1H3,(H,17,20). The summed E-state index contributed by atoms with van der Waals surface area (Å²) in [4.78, 5) is 11.9. The Labute approximate surface area is 126 Å². The fraction of sp³-hybridized carbons (Fsp3) is 0.286. The Morgan fingerprint density at radius 2 is 2.20 bits per heavy atom. The SMILES string of the molecule is CCNCCNC(=O)c1ccn(-c2cccc(Br)c2)n1. The van der Waals surface area contributed by atoms with Crippen LogP contribution in [0.2, 0.25) is 0 Å². The lowest BCUT2D eigenvalue weighted by Gasteiger charge is -2.04. The minimum absolute atomic E-state index is 0.156. The molecule has 0 atom stereocenters. The van der Waals surface area contributed by atoms with Gasteiger partial charge < -0.3 is 10.6 Å². The topological polar surface area (TPSA) is 58.9 Å². The zero-order valence-electron chi connectivity index (χ0n) is 11.3. The number of hydrogen-bond acceptors (Lipinski definition) is 3. The van der Waals surface area contributed by atoms with Gasteiger partial charge in [-0.25, -0.2) is 4.68 Å². The highest BCUT2D eigenvalue weighted by atomic mass is 79.9. The molecule has 0 saturated carbocycles. The van der Waals surface area contributed by atoms with Crippen LogP contribution in [0.1, 0.15) is 17.4 Å². The summed E-state index contributed by atoms with van der Waals surface area (Å²) >= 11 is 3.42.